The Labute approximate surface area is 353 Å². The van der Waals surface area contributed by atoms with Gasteiger partial charge in [0.15, 0.2) is 0 Å². The maximum absolute atomic E-state index is 9.63. The van der Waals surface area contributed by atoms with E-state index in [2.05, 4.69) is 97.2 Å². The molecule has 4 aromatic carbocycles. The summed E-state index contributed by atoms with van der Waals surface area (Å²) in [6, 6.07) is 45.8. The lowest BCUT2D eigenvalue weighted by atomic mass is 9.76. The molecule has 0 aliphatic heterocycles. The van der Waals surface area contributed by atoms with Crippen molar-refractivity contribution < 1.29 is 6.85 Å². The zero-order valence-corrected chi connectivity index (χ0v) is 34.3. The van der Waals surface area contributed by atoms with E-state index in [9.17, 15) is 5.48 Å². The van der Waals surface area contributed by atoms with Gasteiger partial charge in [-0.15, -0.1) is 0 Å². The molecular formula is C55H57N3. The predicted octanol–water partition coefficient (Wildman–Crippen LogP) is 13.7. The van der Waals surface area contributed by atoms with Crippen LogP contribution in [-0.2, 0) is 36.4 Å². The molecule has 3 nitrogen and oxygen atoms in total. The minimum absolute atomic E-state index is 0.255. The minimum atomic E-state index is -2.39. The Morgan fingerprint density at radius 1 is 0.483 bits per heavy atom. The molecule has 0 spiro atoms. The van der Waals surface area contributed by atoms with Crippen molar-refractivity contribution in [2.24, 2.45) is 0 Å². The van der Waals surface area contributed by atoms with Gasteiger partial charge in [-0.05, 0) is 130 Å². The van der Waals surface area contributed by atoms with Crippen LogP contribution in [0.5, 0.6) is 0 Å². The van der Waals surface area contributed by atoms with Gasteiger partial charge in [0.25, 0.3) is 0 Å². The second-order valence-electron chi connectivity index (χ2n) is 17.2. The van der Waals surface area contributed by atoms with Gasteiger partial charge in [-0.2, -0.15) is 0 Å². The van der Waals surface area contributed by atoms with E-state index in [0.29, 0.717) is 18.4 Å². The monoisotopic (exact) mass is 764 g/mol. The van der Waals surface area contributed by atoms with Gasteiger partial charge in [-0.25, -0.2) is 0 Å². The van der Waals surface area contributed by atoms with Crippen LogP contribution < -0.4 is 0 Å². The molecule has 8 rings (SSSR count). The van der Waals surface area contributed by atoms with E-state index < -0.39 is 18.6 Å². The highest BCUT2D eigenvalue weighted by molar-refractivity contribution is 5.62. The average molecular weight is 765 g/mol. The van der Waals surface area contributed by atoms with Crippen molar-refractivity contribution in [2.45, 2.75) is 102 Å². The summed E-state index contributed by atoms with van der Waals surface area (Å²) in [5.41, 5.74) is 10.6. The van der Waals surface area contributed by atoms with Gasteiger partial charge in [-0.1, -0.05) is 150 Å². The summed E-state index contributed by atoms with van der Waals surface area (Å²) < 4.78 is 47.3. The third-order valence-corrected chi connectivity index (χ3v) is 11.8. The highest BCUT2D eigenvalue weighted by Gasteiger charge is 2.25. The molecule has 0 unspecified atom stereocenters. The molecule has 1 saturated carbocycles. The van der Waals surface area contributed by atoms with Gasteiger partial charge in [0, 0.05) is 42.1 Å². The molecule has 1 fully saturated rings. The van der Waals surface area contributed by atoms with E-state index in [1.807, 2.05) is 72.8 Å². The van der Waals surface area contributed by atoms with E-state index in [-0.39, 0.29) is 16.4 Å². The first kappa shape index (κ1) is 33.3. The highest BCUT2D eigenvalue weighted by Crippen LogP contribution is 2.35. The maximum Gasteiger partial charge on any atom is 0.0704 e. The molecule has 1 aliphatic carbocycles. The normalized spacial score (nSPS) is 16.0. The smallest absolute Gasteiger partial charge is 0.0704 e. The zero-order valence-electron chi connectivity index (χ0n) is 39.3. The van der Waals surface area contributed by atoms with Gasteiger partial charge >= 0.3 is 0 Å². The van der Waals surface area contributed by atoms with E-state index in [1.54, 1.807) is 30.7 Å². The van der Waals surface area contributed by atoms with E-state index in [0.717, 1.165) is 87.3 Å². The SMILES string of the molecule is [2H]C1(c2ccnc(-c3ccc(C([2H])([2H])C([2H])([2H])c4cc(CC(C)(C)c5ccc(-c6ccccn6)cc5)cc(CC(C)(C)c5ccc(-c6ccccn6)cc5)c4)cc3)c2)CCCCC1. The van der Waals surface area contributed by atoms with Gasteiger partial charge in [-0.3, -0.25) is 15.0 Å². The molecule has 0 atom stereocenters. The van der Waals surface area contributed by atoms with Gasteiger partial charge < -0.3 is 0 Å². The summed E-state index contributed by atoms with van der Waals surface area (Å²) in [4.78, 5) is 13.7. The molecule has 0 amide bonds. The summed E-state index contributed by atoms with van der Waals surface area (Å²) in [5, 5.41) is 0. The Balaban J connectivity index is 1.11. The van der Waals surface area contributed by atoms with Gasteiger partial charge in [0.1, 0.15) is 0 Å². The number of aryl methyl sites for hydroxylation is 2. The number of rotatable bonds is 13. The molecule has 0 N–H and O–H groups in total. The standard InChI is InChI=1S/C55H57N3/c1-54(2,49-26-22-45(23-27-49)51-14-8-10-31-56-51)38-42-34-41(35-43(36-42)39-55(3,4)50-28-24-46(25-29-50)52-15-9-11-32-57-52)17-16-40-18-20-47(21-19-40)53-37-48(30-33-58-53)44-12-6-5-7-13-44/h8-11,14-15,18-37,44H,5-7,12-13,16-17,38-39H2,1-4H3/i16D2,17D2,44D. The first-order valence-corrected chi connectivity index (χ1v) is 20.8. The second kappa shape index (κ2) is 17.4. The quantitative estimate of drug-likeness (QED) is 0.117. The summed E-state index contributed by atoms with van der Waals surface area (Å²) in [7, 11) is 0. The van der Waals surface area contributed by atoms with Crippen LogP contribution in [0.2, 0.25) is 0 Å². The van der Waals surface area contributed by atoms with E-state index >= 15 is 0 Å². The molecule has 58 heavy (non-hydrogen) atoms. The fourth-order valence-electron chi connectivity index (χ4n) is 8.46. The molecule has 3 aromatic heterocycles. The summed E-state index contributed by atoms with van der Waals surface area (Å²) in [6.07, 6.45) is 6.78. The van der Waals surface area contributed by atoms with Crippen LogP contribution in [0.25, 0.3) is 33.8 Å². The van der Waals surface area contributed by atoms with E-state index in [1.165, 1.54) is 6.42 Å². The Morgan fingerprint density at radius 2 is 0.948 bits per heavy atom. The Bertz CT molecular complexity index is 2520. The number of nitrogens with zero attached hydrogens (tertiary/aromatic N) is 3. The van der Waals surface area contributed by atoms with Crippen molar-refractivity contribution in [1.82, 2.24) is 15.0 Å². The maximum atomic E-state index is 9.63. The van der Waals surface area contributed by atoms with Crippen LogP contribution in [0.3, 0.4) is 0 Å². The first-order chi connectivity index (χ1) is 30.0. The second-order valence-corrected chi connectivity index (χ2v) is 17.2. The van der Waals surface area contributed by atoms with Crippen molar-refractivity contribution in [3.63, 3.8) is 0 Å². The van der Waals surface area contributed by atoms with Crippen LogP contribution in [-0.4, -0.2) is 15.0 Å². The lowest BCUT2D eigenvalue weighted by Gasteiger charge is -2.28. The summed E-state index contributed by atoms with van der Waals surface area (Å²) in [6.45, 7) is 8.84. The molecule has 0 radical (unpaired) electrons. The molecule has 7 aromatic rings. The van der Waals surface area contributed by atoms with E-state index in [4.69, 9.17) is 1.37 Å². The molecule has 1 aliphatic rings. The third-order valence-electron chi connectivity index (χ3n) is 11.8. The number of hydrogen-bond donors (Lipinski definition) is 0. The number of aromatic nitrogens is 3. The Hall–Kier alpha value is -5.67. The first-order valence-electron chi connectivity index (χ1n) is 23.3. The fraction of sp³-hybridized carbons (Fsp3) is 0.291. The number of pyridine rings is 3. The van der Waals surface area contributed by atoms with Crippen LogP contribution in [0, 0.1) is 0 Å². The van der Waals surface area contributed by atoms with Crippen molar-refractivity contribution >= 4 is 0 Å². The van der Waals surface area contributed by atoms with Gasteiger partial charge in [0.2, 0.25) is 0 Å². The lowest BCUT2D eigenvalue weighted by Crippen LogP contribution is -2.22. The molecule has 292 valence electrons. The largest absolute Gasteiger partial charge is 0.256 e. The van der Waals surface area contributed by atoms with Crippen molar-refractivity contribution in [3.8, 4) is 33.8 Å². The molecule has 3 heterocycles. The fourth-order valence-corrected chi connectivity index (χ4v) is 8.46. The molecular weight excluding hydrogens is 703 g/mol. The molecule has 3 heteroatoms. The van der Waals surface area contributed by atoms with Gasteiger partial charge in [0.05, 0.1) is 17.1 Å². The third kappa shape index (κ3) is 9.54. The zero-order chi connectivity index (χ0) is 44.5. The number of benzene rings is 4. The van der Waals surface area contributed by atoms with Crippen LogP contribution in [0.1, 0.15) is 111 Å². The van der Waals surface area contributed by atoms with Crippen molar-refractivity contribution in [3.05, 3.63) is 197 Å². The topological polar surface area (TPSA) is 38.7 Å². The minimum Gasteiger partial charge on any atom is -0.256 e. The molecule has 0 bridgehead atoms. The summed E-state index contributed by atoms with van der Waals surface area (Å²) >= 11 is 0. The Morgan fingerprint density at radius 3 is 1.47 bits per heavy atom. The summed E-state index contributed by atoms with van der Waals surface area (Å²) in [5.74, 6) is -0.614. The lowest BCUT2D eigenvalue weighted by molar-refractivity contribution is 0.443. The Kier molecular flexibility index (Phi) is 10.0. The van der Waals surface area contributed by atoms with Crippen LogP contribution >= 0.6 is 0 Å². The predicted molar refractivity (Wildman–Crippen MR) is 242 cm³/mol. The van der Waals surface area contributed by atoms with Crippen LogP contribution in [0.4, 0.5) is 0 Å². The average Bonchev–Trinajstić information content (AvgIpc) is 3.29. The van der Waals surface area contributed by atoms with Crippen molar-refractivity contribution in [2.75, 3.05) is 0 Å². The van der Waals surface area contributed by atoms with Crippen molar-refractivity contribution in [1.29, 1.82) is 0 Å². The molecule has 0 saturated heterocycles. The number of hydrogen-bond acceptors (Lipinski definition) is 3. The highest BCUT2D eigenvalue weighted by atomic mass is 14.7. The van der Waals surface area contributed by atoms with Crippen LogP contribution in [0.15, 0.2) is 158 Å².